The van der Waals surface area contributed by atoms with Gasteiger partial charge in [-0.3, -0.25) is 0 Å². The van der Waals surface area contributed by atoms with Gasteiger partial charge in [-0.2, -0.15) is 0 Å². The first kappa shape index (κ1) is 8.30. The van der Waals surface area contributed by atoms with Crippen LogP contribution in [0.3, 0.4) is 0 Å². The van der Waals surface area contributed by atoms with Crippen LogP contribution in [0.1, 0.15) is 0 Å². The molecule has 0 saturated heterocycles. The molecular weight excluding hydrogens is 182 g/mol. The summed E-state index contributed by atoms with van der Waals surface area (Å²) in [5.41, 5.74) is 0. The number of hydrogen-bond acceptors (Lipinski definition) is 7. The van der Waals surface area contributed by atoms with E-state index in [0.717, 1.165) is 0 Å². The van der Waals surface area contributed by atoms with Crippen LogP contribution in [0.25, 0.3) is 0 Å². The Balaban J connectivity index is 2.24. The first-order chi connectivity index (χ1) is 6.97. The van der Waals surface area contributed by atoms with E-state index in [1.165, 1.54) is 10.3 Å². The Labute approximate surface area is 80.0 Å². The van der Waals surface area contributed by atoms with Gasteiger partial charge < -0.3 is 0 Å². The smallest absolute Gasteiger partial charge is 0.0531 e. The van der Waals surface area contributed by atoms with Crippen LogP contribution in [-0.2, 0) is 0 Å². The summed E-state index contributed by atoms with van der Waals surface area (Å²) in [6.45, 7) is 0. The van der Waals surface area contributed by atoms with Crippen LogP contribution in [0.5, 0.6) is 0 Å². The molecule has 0 unspecified atom stereocenters. The van der Waals surface area contributed by atoms with Crippen LogP contribution < -0.4 is 0 Å². The van der Waals surface area contributed by atoms with Gasteiger partial charge in [0, 0.05) is 0 Å². The molecule has 0 radical (unpaired) electrons. The fourth-order valence-electron chi connectivity index (χ4n) is 0.822. The van der Waals surface area contributed by atoms with E-state index < -0.39 is 0 Å². The van der Waals surface area contributed by atoms with Crippen molar-refractivity contribution in [3.63, 3.8) is 0 Å². The summed E-state index contributed by atoms with van der Waals surface area (Å²) in [4.78, 5) is 0. The first-order valence-electron chi connectivity index (χ1n) is 3.92. The van der Waals surface area contributed by atoms with E-state index in [2.05, 4.69) is 26.0 Å². The minimum atomic E-state index is 1.22. The van der Waals surface area contributed by atoms with Crippen LogP contribution in [0.15, 0.2) is 62.6 Å². The Hall–Kier alpha value is -2.31. The fourth-order valence-corrected chi connectivity index (χ4v) is 0.822. The van der Waals surface area contributed by atoms with Gasteiger partial charge in [0.25, 0.3) is 0 Å². The van der Waals surface area contributed by atoms with E-state index in [-0.39, 0.29) is 0 Å². The maximum absolute atomic E-state index is 3.96. The third-order valence-corrected chi connectivity index (χ3v) is 1.39. The van der Waals surface area contributed by atoms with E-state index in [1.54, 1.807) is 24.6 Å². The van der Waals surface area contributed by atoms with Crippen molar-refractivity contribution in [2.45, 2.75) is 0 Å². The molecule has 70 valence electrons. The summed E-state index contributed by atoms with van der Waals surface area (Å²) in [5, 5.41) is 20.6. The van der Waals surface area contributed by atoms with E-state index in [9.17, 15) is 0 Å². The van der Waals surface area contributed by atoms with Gasteiger partial charge in [-0.1, -0.05) is 18.2 Å². The Morgan fingerprint density at radius 2 is 1.57 bits per heavy atom. The third-order valence-electron chi connectivity index (χ3n) is 1.39. The molecule has 14 heavy (non-hydrogen) atoms. The van der Waals surface area contributed by atoms with Gasteiger partial charge >= 0.3 is 0 Å². The first-order valence-corrected chi connectivity index (χ1v) is 3.92. The lowest BCUT2D eigenvalue weighted by Crippen LogP contribution is -2.26. The van der Waals surface area contributed by atoms with Gasteiger partial charge in [0.15, 0.2) is 0 Å². The zero-order valence-electron chi connectivity index (χ0n) is 7.17. The number of rotatable bonds is 0. The van der Waals surface area contributed by atoms with Crippen molar-refractivity contribution in [1.29, 1.82) is 0 Å². The Morgan fingerprint density at radius 1 is 0.786 bits per heavy atom. The molecule has 0 fully saturated rings. The number of allylic oxidation sites excluding steroid dienone is 5. The minimum Gasteiger partial charge on any atom is -0.139 e. The van der Waals surface area contributed by atoms with Gasteiger partial charge in [-0.25, -0.2) is 0 Å². The van der Waals surface area contributed by atoms with Gasteiger partial charge in [0.2, 0.25) is 0 Å². The largest absolute Gasteiger partial charge is 0.139 e. The van der Waals surface area contributed by atoms with Crippen molar-refractivity contribution in [2.24, 2.45) is 26.0 Å². The molecular formula is C7H7N7. The second kappa shape index (κ2) is 4.08. The van der Waals surface area contributed by atoms with Crippen LogP contribution >= 0.6 is 0 Å². The lowest BCUT2D eigenvalue weighted by molar-refractivity contribution is -0.00496. The number of fused-ring (bicyclic) bond motifs is 1. The normalized spacial score (nSPS) is 28.0. The van der Waals surface area contributed by atoms with Crippen molar-refractivity contribution in [1.82, 2.24) is 10.3 Å². The molecule has 0 amide bonds. The second-order valence-electron chi connectivity index (χ2n) is 2.32. The minimum absolute atomic E-state index is 1.22. The Kier molecular flexibility index (Phi) is 2.42. The molecule has 2 aliphatic heterocycles. The zero-order chi connectivity index (χ0) is 9.64. The van der Waals surface area contributed by atoms with Crippen molar-refractivity contribution >= 4 is 6.21 Å². The van der Waals surface area contributed by atoms with Gasteiger partial charge in [-0.05, 0) is 38.3 Å². The summed E-state index contributed by atoms with van der Waals surface area (Å²) in [5.74, 6) is 0. The molecule has 0 N–H and O–H groups in total. The molecule has 0 aromatic heterocycles. The highest BCUT2D eigenvalue weighted by atomic mass is 16.1. The van der Waals surface area contributed by atoms with Crippen molar-refractivity contribution < 1.29 is 0 Å². The topological polar surface area (TPSA) is 68.3 Å². The van der Waals surface area contributed by atoms with Gasteiger partial charge in [0.1, 0.15) is 0 Å². The standard InChI is InChI=1S/C7H7N7/c1-2-4-6-8-14-12-10-9-11-13(14)7-5-3-1/h1-7H/b3-1+,4-2-,7-5+,8-6+. The third kappa shape index (κ3) is 1.89. The summed E-state index contributed by atoms with van der Waals surface area (Å²) in [6, 6.07) is 0. The van der Waals surface area contributed by atoms with Gasteiger partial charge in [-0.15, -0.1) is 10.2 Å². The van der Waals surface area contributed by atoms with Crippen LogP contribution in [-0.4, -0.2) is 16.6 Å². The molecule has 0 atom stereocenters. The maximum atomic E-state index is 3.96. The van der Waals surface area contributed by atoms with E-state index in [1.807, 2.05) is 18.2 Å². The predicted molar refractivity (Wildman–Crippen MR) is 49.3 cm³/mol. The average molecular weight is 189 g/mol. The molecule has 0 saturated carbocycles. The molecule has 0 aromatic carbocycles. The van der Waals surface area contributed by atoms with Crippen molar-refractivity contribution in [3.05, 3.63) is 36.6 Å². The highest BCUT2D eigenvalue weighted by molar-refractivity contribution is 5.71. The fraction of sp³-hybridized carbons (Fsp3) is 0. The maximum Gasteiger partial charge on any atom is 0.0531 e. The lowest BCUT2D eigenvalue weighted by Gasteiger charge is -2.19. The molecule has 0 spiro atoms. The molecule has 0 aromatic rings. The number of hydrazine groups is 1. The van der Waals surface area contributed by atoms with Crippen LogP contribution in [0.2, 0.25) is 0 Å². The van der Waals surface area contributed by atoms with E-state index in [0.29, 0.717) is 0 Å². The number of hydrogen-bond donors (Lipinski definition) is 0. The molecule has 2 aliphatic rings. The monoisotopic (exact) mass is 189 g/mol. The summed E-state index contributed by atoms with van der Waals surface area (Å²) in [6.07, 6.45) is 12.4. The highest BCUT2D eigenvalue weighted by Crippen LogP contribution is 2.09. The van der Waals surface area contributed by atoms with Crippen molar-refractivity contribution in [3.8, 4) is 0 Å². The average Bonchev–Trinajstić information content (AvgIpc) is 2.25. The molecule has 7 nitrogen and oxygen atoms in total. The quantitative estimate of drug-likeness (QED) is 0.583. The van der Waals surface area contributed by atoms with Gasteiger partial charge in [0.05, 0.1) is 12.4 Å². The number of nitrogens with zero attached hydrogens (tertiary/aromatic N) is 7. The zero-order valence-corrected chi connectivity index (χ0v) is 7.17. The summed E-state index contributed by atoms with van der Waals surface area (Å²) < 4.78 is 0. The second-order valence-corrected chi connectivity index (χ2v) is 2.32. The van der Waals surface area contributed by atoms with Crippen LogP contribution in [0, 0.1) is 0 Å². The summed E-state index contributed by atoms with van der Waals surface area (Å²) in [7, 11) is 0. The highest BCUT2D eigenvalue weighted by Gasteiger charge is 2.09. The molecule has 2 rings (SSSR count). The molecule has 0 aliphatic carbocycles. The molecule has 0 bridgehead atoms. The van der Waals surface area contributed by atoms with E-state index in [4.69, 9.17) is 0 Å². The van der Waals surface area contributed by atoms with Crippen molar-refractivity contribution in [2.75, 3.05) is 0 Å². The van der Waals surface area contributed by atoms with E-state index >= 15 is 0 Å². The molecule has 7 heteroatoms. The molecule has 2 heterocycles. The Morgan fingerprint density at radius 3 is 2.57 bits per heavy atom. The number of hydrazone groups is 1. The summed E-state index contributed by atoms with van der Waals surface area (Å²) >= 11 is 0. The predicted octanol–water partition coefficient (Wildman–Crippen LogP) is 1.79. The SMILES string of the molecule is C1=C\C=N\N2N=NN=NN2/C=C/C=C/1. The Bertz CT molecular complexity index is 326. The van der Waals surface area contributed by atoms with Crippen LogP contribution in [0.4, 0.5) is 0 Å². The lowest BCUT2D eigenvalue weighted by atomic mass is 10.4.